The van der Waals surface area contributed by atoms with Gasteiger partial charge >= 0.3 is 0 Å². The zero-order valence-corrected chi connectivity index (χ0v) is 9.64. The lowest BCUT2D eigenvalue weighted by atomic mass is 10.3. The first-order chi connectivity index (χ1) is 6.49. The Labute approximate surface area is 85.9 Å². The average Bonchev–Trinajstić information content (AvgIpc) is 2.39. The minimum Gasteiger partial charge on any atom is -0.377 e. The van der Waals surface area contributed by atoms with Crippen molar-refractivity contribution in [2.75, 3.05) is 24.7 Å². The molecule has 4 nitrogen and oxygen atoms in total. The van der Waals surface area contributed by atoms with Crippen LogP contribution in [0.4, 0.5) is 0 Å². The highest BCUT2D eigenvalue weighted by molar-refractivity contribution is 7.91. The third kappa shape index (κ3) is 4.39. The van der Waals surface area contributed by atoms with Gasteiger partial charge in [-0.3, -0.25) is 0 Å². The van der Waals surface area contributed by atoms with Gasteiger partial charge in [-0.05, 0) is 20.3 Å². The van der Waals surface area contributed by atoms with Gasteiger partial charge < -0.3 is 10.1 Å². The van der Waals surface area contributed by atoms with E-state index in [9.17, 15) is 8.42 Å². The Bertz CT molecular complexity index is 261. The van der Waals surface area contributed by atoms with Crippen LogP contribution in [-0.4, -0.2) is 45.2 Å². The van der Waals surface area contributed by atoms with Crippen molar-refractivity contribution >= 4 is 9.84 Å². The molecule has 1 aliphatic heterocycles. The maximum absolute atomic E-state index is 11.1. The molecule has 0 aromatic rings. The molecule has 5 heteroatoms. The monoisotopic (exact) mass is 221 g/mol. The van der Waals surface area contributed by atoms with Crippen LogP contribution in [0.25, 0.3) is 0 Å². The Morgan fingerprint density at radius 3 is 2.71 bits per heavy atom. The number of rotatable bonds is 5. The predicted molar refractivity (Wildman–Crippen MR) is 56.1 cm³/mol. The molecule has 0 aromatic heterocycles. The van der Waals surface area contributed by atoms with Crippen LogP contribution < -0.4 is 5.32 Å². The normalized spacial score (nSPS) is 25.8. The van der Waals surface area contributed by atoms with Crippen molar-refractivity contribution in [2.45, 2.75) is 32.4 Å². The molecule has 1 aliphatic rings. The molecule has 0 aliphatic carbocycles. The van der Waals surface area contributed by atoms with Gasteiger partial charge in [0, 0.05) is 12.6 Å². The van der Waals surface area contributed by atoms with E-state index in [-0.39, 0.29) is 17.9 Å². The number of nitrogens with one attached hydrogen (secondary N) is 1. The van der Waals surface area contributed by atoms with E-state index in [0.29, 0.717) is 12.4 Å². The van der Waals surface area contributed by atoms with Crippen LogP contribution in [-0.2, 0) is 14.6 Å². The summed E-state index contributed by atoms with van der Waals surface area (Å²) in [7, 11) is -2.75. The van der Waals surface area contributed by atoms with Crippen molar-refractivity contribution in [3.8, 4) is 0 Å². The lowest BCUT2D eigenvalue weighted by Gasteiger charge is -2.12. The summed E-state index contributed by atoms with van der Waals surface area (Å²) in [5.41, 5.74) is 0. The summed E-state index contributed by atoms with van der Waals surface area (Å²) in [5.74, 6) is 0.615. The Kier molecular flexibility index (Phi) is 4.34. The zero-order chi connectivity index (χ0) is 10.6. The quantitative estimate of drug-likeness (QED) is 0.673. The van der Waals surface area contributed by atoms with Gasteiger partial charge in [0.2, 0.25) is 0 Å². The number of ether oxygens (including phenoxy) is 1. The molecule has 84 valence electrons. The van der Waals surface area contributed by atoms with E-state index in [1.54, 1.807) is 0 Å². The molecular formula is C9H19NO3S. The largest absolute Gasteiger partial charge is 0.377 e. The highest BCUT2D eigenvalue weighted by Crippen LogP contribution is 2.10. The fourth-order valence-corrected chi connectivity index (χ4v) is 3.22. The molecule has 0 saturated carbocycles. The molecule has 1 atom stereocenters. The number of hydrogen-bond donors (Lipinski definition) is 1. The second-order valence-corrected chi connectivity index (χ2v) is 6.20. The molecule has 0 aromatic carbocycles. The van der Waals surface area contributed by atoms with Crippen LogP contribution in [0.15, 0.2) is 0 Å². The van der Waals surface area contributed by atoms with E-state index in [0.717, 1.165) is 13.0 Å². The van der Waals surface area contributed by atoms with E-state index in [1.165, 1.54) is 0 Å². The Morgan fingerprint density at radius 2 is 2.21 bits per heavy atom. The minimum atomic E-state index is -2.75. The summed E-state index contributed by atoms with van der Waals surface area (Å²) in [6, 6.07) is 0.135. The highest BCUT2D eigenvalue weighted by Gasteiger charge is 2.26. The molecule has 0 radical (unpaired) electrons. The molecule has 0 bridgehead atoms. The maximum Gasteiger partial charge on any atom is 0.151 e. The first kappa shape index (κ1) is 11.9. The third-order valence-corrected chi connectivity index (χ3v) is 3.99. The van der Waals surface area contributed by atoms with Gasteiger partial charge in [-0.25, -0.2) is 8.42 Å². The first-order valence-corrected chi connectivity index (χ1v) is 6.87. The van der Waals surface area contributed by atoms with Gasteiger partial charge in [0.05, 0.1) is 24.2 Å². The minimum absolute atomic E-state index is 0.135. The Morgan fingerprint density at radius 1 is 1.50 bits per heavy atom. The van der Waals surface area contributed by atoms with Crippen molar-refractivity contribution < 1.29 is 13.2 Å². The molecule has 14 heavy (non-hydrogen) atoms. The third-order valence-electron chi connectivity index (χ3n) is 2.22. The second kappa shape index (κ2) is 5.09. The van der Waals surface area contributed by atoms with E-state index in [1.807, 2.05) is 13.8 Å². The summed E-state index contributed by atoms with van der Waals surface area (Å²) in [6.07, 6.45) is 0.980. The predicted octanol–water partition coefficient (Wildman–Crippen LogP) is 0.188. The molecule has 1 rings (SSSR count). The van der Waals surface area contributed by atoms with E-state index >= 15 is 0 Å². The van der Waals surface area contributed by atoms with Crippen molar-refractivity contribution in [3.63, 3.8) is 0 Å². The average molecular weight is 221 g/mol. The Balaban J connectivity index is 2.09. The van der Waals surface area contributed by atoms with Gasteiger partial charge in [0.25, 0.3) is 0 Å². The van der Waals surface area contributed by atoms with Crippen molar-refractivity contribution in [1.82, 2.24) is 5.32 Å². The fraction of sp³-hybridized carbons (Fsp3) is 1.00. The Hall–Kier alpha value is -0.130. The lowest BCUT2D eigenvalue weighted by molar-refractivity contribution is 0.0797. The second-order valence-electron chi connectivity index (χ2n) is 3.97. The summed E-state index contributed by atoms with van der Waals surface area (Å²) in [4.78, 5) is 0. The van der Waals surface area contributed by atoms with Crippen LogP contribution in [0.2, 0.25) is 0 Å². The van der Waals surface area contributed by atoms with E-state index in [2.05, 4.69) is 5.32 Å². The molecule has 1 N–H and O–H groups in total. The lowest BCUT2D eigenvalue weighted by Crippen LogP contribution is -2.33. The van der Waals surface area contributed by atoms with Crippen LogP contribution in [0.3, 0.4) is 0 Å². The van der Waals surface area contributed by atoms with Crippen molar-refractivity contribution in [1.29, 1.82) is 0 Å². The molecule has 1 heterocycles. The van der Waals surface area contributed by atoms with Gasteiger partial charge in [-0.1, -0.05) is 0 Å². The summed E-state index contributed by atoms with van der Waals surface area (Å²) in [6.45, 7) is 5.35. The summed E-state index contributed by atoms with van der Waals surface area (Å²) < 4.78 is 27.6. The topological polar surface area (TPSA) is 55.4 Å². The molecule has 1 unspecified atom stereocenters. The van der Waals surface area contributed by atoms with Crippen LogP contribution in [0.1, 0.15) is 20.3 Å². The molecule has 0 amide bonds. The van der Waals surface area contributed by atoms with Crippen molar-refractivity contribution in [3.05, 3.63) is 0 Å². The van der Waals surface area contributed by atoms with Gasteiger partial charge in [0.1, 0.15) is 0 Å². The number of sulfone groups is 1. The standard InChI is InChI=1S/C9H19NO3S/c1-8(2)13-5-4-10-9-3-6-14(11,12)7-9/h8-10H,3-7H2,1-2H3. The van der Waals surface area contributed by atoms with Crippen molar-refractivity contribution in [2.24, 2.45) is 0 Å². The first-order valence-electron chi connectivity index (χ1n) is 5.05. The van der Waals surface area contributed by atoms with Gasteiger partial charge in [-0.15, -0.1) is 0 Å². The molecule has 1 fully saturated rings. The maximum atomic E-state index is 11.1. The molecular weight excluding hydrogens is 202 g/mol. The van der Waals surface area contributed by atoms with Crippen LogP contribution in [0.5, 0.6) is 0 Å². The molecule has 1 saturated heterocycles. The van der Waals surface area contributed by atoms with E-state index in [4.69, 9.17) is 4.74 Å². The SMILES string of the molecule is CC(C)OCCNC1CCS(=O)(=O)C1. The highest BCUT2D eigenvalue weighted by atomic mass is 32.2. The fourth-order valence-electron chi connectivity index (χ4n) is 1.51. The van der Waals surface area contributed by atoms with Crippen LogP contribution >= 0.6 is 0 Å². The zero-order valence-electron chi connectivity index (χ0n) is 8.82. The summed E-state index contributed by atoms with van der Waals surface area (Å²) >= 11 is 0. The van der Waals surface area contributed by atoms with Gasteiger partial charge in [0.15, 0.2) is 9.84 Å². The number of hydrogen-bond acceptors (Lipinski definition) is 4. The van der Waals surface area contributed by atoms with E-state index < -0.39 is 9.84 Å². The molecule has 0 spiro atoms. The van der Waals surface area contributed by atoms with Gasteiger partial charge in [-0.2, -0.15) is 0 Å². The smallest absolute Gasteiger partial charge is 0.151 e. The van der Waals surface area contributed by atoms with Crippen LogP contribution in [0, 0.1) is 0 Å². The summed E-state index contributed by atoms with van der Waals surface area (Å²) in [5, 5.41) is 3.19.